The van der Waals surface area contributed by atoms with E-state index in [0.29, 0.717) is 4.68 Å². The molecule has 1 aromatic heterocycles. The average molecular weight is 388 g/mol. The Morgan fingerprint density at radius 1 is 1.35 bits per heavy atom. The van der Waals surface area contributed by atoms with E-state index in [9.17, 15) is 26.8 Å². The van der Waals surface area contributed by atoms with Crippen LogP contribution in [0.3, 0.4) is 0 Å². The summed E-state index contributed by atoms with van der Waals surface area (Å²) in [5, 5.41) is 3.70. The number of ether oxygens (including phenoxy) is 1. The van der Waals surface area contributed by atoms with Gasteiger partial charge in [-0.15, -0.1) is 9.78 Å². The summed E-state index contributed by atoms with van der Waals surface area (Å²) in [7, 11) is -3.26. The summed E-state index contributed by atoms with van der Waals surface area (Å²) in [5.74, 6) is -0.530. The number of halogens is 2. The molecule has 12 heteroatoms. The van der Waals surface area contributed by atoms with Crippen molar-refractivity contribution in [2.45, 2.75) is 18.4 Å². The molecule has 1 heterocycles. The van der Waals surface area contributed by atoms with Gasteiger partial charge in [0.05, 0.1) is 0 Å². The maximum atomic E-state index is 12.4. The first-order valence-electron chi connectivity index (χ1n) is 7.07. The van der Waals surface area contributed by atoms with Crippen LogP contribution in [-0.2, 0) is 17.1 Å². The zero-order chi connectivity index (χ0) is 19.5. The van der Waals surface area contributed by atoms with Gasteiger partial charge in [0.2, 0.25) is 0 Å². The van der Waals surface area contributed by atoms with Crippen LogP contribution in [0.2, 0.25) is 0 Å². The minimum absolute atomic E-state index is 0.117. The van der Waals surface area contributed by atoms with Crippen LogP contribution in [0.25, 0.3) is 6.08 Å². The van der Waals surface area contributed by atoms with Crippen LogP contribution in [0, 0.1) is 0 Å². The predicted molar refractivity (Wildman–Crippen MR) is 86.4 cm³/mol. The lowest BCUT2D eigenvalue weighted by Gasteiger charge is -2.11. The van der Waals surface area contributed by atoms with Crippen LogP contribution in [0.5, 0.6) is 5.75 Å². The number of sulfonamides is 1. The quantitative estimate of drug-likeness (QED) is 0.823. The highest BCUT2D eigenvalue weighted by Crippen LogP contribution is 2.24. The molecule has 140 valence electrons. The zero-order valence-electron chi connectivity index (χ0n) is 13.6. The van der Waals surface area contributed by atoms with Crippen molar-refractivity contribution in [3.05, 3.63) is 46.7 Å². The highest BCUT2D eigenvalue weighted by atomic mass is 32.2. The number of allylic oxidation sites excluding steroid dienone is 1. The second-order valence-corrected chi connectivity index (χ2v) is 6.50. The standard InChI is InChI=1S/C14H14F2N4O5S/c1-3-6-11-17-20(14(22)19(11)2)13(21)18-26(23,24)10-8-5-4-7-9(10)25-12(15)16/h3-8,12H,1-2H3,(H,18,21). The molecule has 0 radical (unpaired) electrons. The Kier molecular flexibility index (Phi) is 5.55. The monoisotopic (exact) mass is 388 g/mol. The minimum Gasteiger partial charge on any atom is -0.433 e. The predicted octanol–water partition coefficient (Wildman–Crippen LogP) is 1.16. The van der Waals surface area contributed by atoms with E-state index in [2.05, 4.69) is 9.84 Å². The van der Waals surface area contributed by atoms with E-state index in [1.165, 1.54) is 25.3 Å². The van der Waals surface area contributed by atoms with E-state index in [1.807, 2.05) is 0 Å². The number of nitrogens with zero attached hydrogens (tertiary/aromatic N) is 3. The minimum atomic E-state index is -4.60. The number of rotatable bonds is 5. The van der Waals surface area contributed by atoms with Crippen molar-refractivity contribution in [3.63, 3.8) is 0 Å². The molecule has 0 aliphatic rings. The molecule has 0 aliphatic carbocycles. The molecule has 0 bridgehead atoms. The summed E-state index contributed by atoms with van der Waals surface area (Å²) in [6.07, 6.45) is 3.00. The number of aromatic nitrogens is 3. The molecule has 0 aliphatic heterocycles. The lowest BCUT2D eigenvalue weighted by atomic mass is 10.3. The smallest absolute Gasteiger partial charge is 0.387 e. The normalized spacial score (nSPS) is 11.9. The van der Waals surface area contributed by atoms with E-state index < -0.39 is 39.0 Å². The van der Waals surface area contributed by atoms with E-state index in [1.54, 1.807) is 17.7 Å². The summed E-state index contributed by atoms with van der Waals surface area (Å²) < 4.78 is 56.6. The third-order valence-corrected chi connectivity index (χ3v) is 4.46. The molecule has 2 rings (SSSR count). The number of para-hydroxylation sites is 1. The Bertz CT molecular complexity index is 1010. The number of nitrogens with one attached hydrogen (secondary N) is 1. The second kappa shape index (κ2) is 7.47. The number of hydrogen-bond donors (Lipinski definition) is 1. The van der Waals surface area contributed by atoms with E-state index >= 15 is 0 Å². The van der Waals surface area contributed by atoms with Gasteiger partial charge in [-0.2, -0.15) is 8.78 Å². The average Bonchev–Trinajstić information content (AvgIpc) is 2.83. The number of carbonyl (C=O) groups is 1. The van der Waals surface area contributed by atoms with Gasteiger partial charge in [0, 0.05) is 7.05 Å². The molecule has 1 aromatic carbocycles. The summed E-state index contributed by atoms with van der Waals surface area (Å²) in [5.41, 5.74) is -0.886. The van der Waals surface area contributed by atoms with Gasteiger partial charge in [-0.25, -0.2) is 22.7 Å². The van der Waals surface area contributed by atoms with Gasteiger partial charge in [0.25, 0.3) is 10.0 Å². The van der Waals surface area contributed by atoms with Crippen molar-refractivity contribution < 1.29 is 26.7 Å². The van der Waals surface area contributed by atoms with E-state index in [-0.39, 0.29) is 5.82 Å². The fourth-order valence-electron chi connectivity index (χ4n) is 1.96. The zero-order valence-corrected chi connectivity index (χ0v) is 14.4. The lowest BCUT2D eigenvalue weighted by molar-refractivity contribution is -0.0517. The molecule has 0 spiro atoms. The van der Waals surface area contributed by atoms with Gasteiger partial charge in [0.15, 0.2) is 5.82 Å². The van der Waals surface area contributed by atoms with Crippen LogP contribution in [0.15, 0.2) is 40.0 Å². The van der Waals surface area contributed by atoms with Gasteiger partial charge in [-0.1, -0.05) is 18.2 Å². The van der Waals surface area contributed by atoms with Crippen molar-refractivity contribution in [1.82, 2.24) is 19.1 Å². The van der Waals surface area contributed by atoms with E-state index in [4.69, 9.17) is 0 Å². The molecule has 0 atom stereocenters. The van der Waals surface area contributed by atoms with Crippen molar-refractivity contribution in [3.8, 4) is 5.75 Å². The lowest BCUT2D eigenvalue weighted by Crippen LogP contribution is -2.40. The fraction of sp³-hybridized carbons (Fsp3) is 0.214. The highest BCUT2D eigenvalue weighted by molar-refractivity contribution is 7.90. The number of amides is 1. The Morgan fingerprint density at radius 2 is 2.00 bits per heavy atom. The van der Waals surface area contributed by atoms with E-state index in [0.717, 1.165) is 16.7 Å². The Morgan fingerprint density at radius 3 is 2.62 bits per heavy atom. The molecule has 26 heavy (non-hydrogen) atoms. The molecule has 1 N–H and O–H groups in total. The maximum absolute atomic E-state index is 12.4. The number of benzene rings is 1. The van der Waals surface area contributed by atoms with Crippen molar-refractivity contribution in [1.29, 1.82) is 0 Å². The first kappa shape index (κ1) is 19.3. The molecular formula is C14H14F2N4O5S. The van der Waals surface area contributed by atoms with Crippen molar-refractivity contribution in [2.75, 3.05) is 0 Å². The molecule has 2 aromatic rings. The Labute approximate surface area is 146 Å². The van der Waals surface area contributed by atoms with Crippen LogP contribution in [0.4, 0.5) is 13.6 Å². The topological polar surface area (TPSA) is 112 Å². The molecule has 0 saturated carbocycles. The third-order valence-electron chi connectivity index (χ3n) is 3.10. The summed E-state index contributed by atoms with van der Waals surface area (Å²) in [6, 6.07) is 3.15. The van der Waals surface area contributed by atoms with Crippen LogP contribution < -0.4 is 15.1 Å². The van der Waals surface area contributed by atoms with Gasteiger partial charge in [-0.05, 0) is 25.1 Å². The molecule has 0 unspecified atom stereocenters. The molecule has 0 saturated heterocycles. The van der Waals surface area contributed by atoms with Crippen molar-refractivity contribution >= 4 is 22.1 Å². The Hall–Kier alpha value is -3.02. The Balaban J connectivity index is 2.38. The molecular weight excluding hydrogens is 374 g/mol. The maximum Gasteiger partial charge on any atom is 0.387 e. The number of alkyl halides is 2. The first-order valence-corrected chi connectivity index (χ1v) is 8.55. The first-order chi connectivity index (χ1) is 12.2. The molecule has 1 amide bonds. The van der Waals surface area contributed by atoms with Gasteiger partial charge in [-0.3, -0.25) is 4.57 Å². The summed E-state index contributed by atoms with van der Waals surface area (Å²) in [6.45, 7) is -1.60. The largest absolute Gasteiger partial charge is 0.433 e. The van der Waals surface area contributed by atoms with Crippen molar-refractivity contribution in [2.24, 2.45) is 7.05 Å². The van der Waals surface area contributed by atoms with Crippen LogP contribution in [-0.4, -0.2) is 35.4 Å². The number of carbonyl (C=O) groups excluding carboxylic acids is 1. The van der Waals surface area contributed by atoms with Gasteiger partial charge in [0.1, 0.15) is 10.6 Å². The summed E-state index contributed by atoms with van der Waals surface area (Å²) in [4.78, 5) is 23.4. The summed E-state index contributed by atoms with van der Waals surface area (Å²) >= 11 is 0. The third kappa shape index (κ3) is 3.96. The number of hydrogen-bond acceptors (Lipinski definition) is 6. The SMILES string of the molecule is CC=Cc1nn(C(=O)NS(=O)(=O)c2ccccc2OC(F)F)c(=O)n1C. The van der Waals surface area contributed by atoms with Crippen LogP contribution in [0.1, 0.15) is 12.7 Å². The van der Waals surface area contributed by atoms with Crippen LogP contribution >= 0.6 is 0 Å². The highest BCUT2D eigenvalue weighted by Gasteiger charge is 2.26. The van der Waals surface area contributed by atoms with Gasteiger partial charge >= 0.3 is 18.3 Å². The molecule has 0 fully saturated rings. The molecule has 9 nitrogen and oxygen atoms in total. The van der Waals surface area contributed by atoms with Gasteiger partial charge < -0.3 is 4.74 Å². The fourth-order valence-corrected chi connectivity index (χ4v) is 3.02. The second-order valence-electron chi connectivity index (χ2n) is 4.85.